The standard InChI is InChI=1S/C31H35F3N2O4/c1-35(28(38)10-7-20-3-2-4-25(15-20)40-31(32,33)34)23-11-12-30(39)27-16-22-8-9-24(37)17-26(22)29(30,18-23)13-14-36(27)19-21-5-6-21/h2-4,7-10,15,17,21,23,27,37,39H,5-6,11-14,16,18-19H2,1H3/b10-7+/t23?,27-,29-,30-/m1/s1. The van der Waals surface area contributed by atoms with Gasteiger partial charge >= 0.3 is 6.36 Å². The van der Waals surface area contributed by atoms with E-state index in [0.29, 0.717) is 30.7 Å². The normalized spacial score (nSPS) is 30.0. The first-order chi connectivity index (χ1) is 19.0. The van der Waals surface area contributed by atoms with E-state index in [1.807, 2.05) is 12.1 Å². The number of amides is 1. The molecule has 2 aromatic carbocycles. The highest BCUT2D eigenvalue weighted by molar-refractivity contribution is 5.91. The molecule has 0 radical (unpaired) electrons. The van der Waals surface area contributed by atoms with Crippen molar-refractivity contribution in [3.05, 3.63) is 65.2 Å². The molecule has 2 aromatic rings. The Balaban J connectivity index is 1.24. The number of nitrogens with zero attached hydrogens (tertiary/aromatic N) is 2. The highest BCUT2D eigenvalue weighted by Crippen LogP contribution is 2.59. The summed E-state index contributed by atoms with van der Waals surface area (Å²) in [5, 5.41) is 22.9. The van der Waals surface area contributed by atoms with Crippen molar-refractivity contribution >= 4 is 12.0 Å². The van der Waals surface area contributed by atoms with Crippen LogP contribution in [-0.4, -0.2) is 70.1 Å². The number of hydrogen-bond donors (Lipinski definition) is 2. The Morgan fingerprint density at radius 3 is 2.73 bits per heavy atom. The highest BCUT2D eigenvalue weighted by atomic mass is 19.4. The second-order valence-corrected chi connectivity index (χ2v) is 12.1. The Labute approximate surface area is 232 Å². The summed E-state index contributed by atoms with van der Waals surface area (Å²) in [4.78, 5) is 17.4. The molecule has 4 atom stereocenters. The van der Waals surface area contributed by atoms with E-state index < -0.39 is 17.4 Å². The van der Waals surface area contributed by atoms with Gasteiger partial charge in [-0.3, -0.25) is 9.69 Å². The van der Waals surface area contributed by atoms with Crippen LogP contribution in [0.4, 0.5) is 13.2 Å². The zero-order chi connectivity index (χ0) is 28.3. The molecule has 1 unspecified atom stereocenters. The number of likely N-dealkylation sites (tertiary alicyclic amines) is 1. The number of carbonyl (C=O) groups is 1. The van der Waals surface area contributed by atoms with E-state index >= 15 is 0 Å². The monoisotopic (exact) mass is 556 g/mol. The summed E-state index contributed by atoms with van der Waals surface area (Å²) in [6.45, 7) is 1.89. The quantitative estimate of drug-likeness (QED) is 0.489. The zero-order valence-corrected chi connectivity index (χ0v) is 22.5. The molecule has 2 bridgehead atoms. The highest BCUT2D eigenvalue weighted by Gasteiger charge is 2.65. The van der Waals surface area contributed by atoms with Crippen LogP contribution < -0.4 is 4.74 Å². The Morgan fingerprint density at radius 2 is 1.98 bits per heavy atom. The van der Waals surface area contributed by atoms with Crippen molar-refractivity contribution < 1.29 is 32.9 Å². The summed E-state index contributed by atoms with van der Waals surface area (Å²) in [7, 11) is 1.74. The fraction of sp³-hybridized carbons (Fsp3) is 0.516. The van der Waals surface area contributed by atoms with Crippen LogP contribution in [0.25, 0.3) is 6.08 Å². The van der Waals surface area contributed by atoms with Gasteiger partial charge in [0.2, 0.25) is 5.91 Å². The third kappa shape index (κ3) is 4.87. The second kappa shape index (κ2) is 9.80. The number of likely N-dealkylation sites (N-methyl/N-ethyl adjacent to an activating group) is 1. The maximum atomic E-state index is 13.2. The average Bonchev–Trinajstić information content (AvgIpc) is 3.72. The van der Waals surface area contributed by atoms with E-state index in [2.05, 4.69) is 9.64 Å². The predicted octanol–water partition coefficient (Wildman–Crippen LogP) is 5.02. The van der Waals surface area contributed by atoms with Crippen LogP contribution in [0, 0.1) is 5.92 Å². The molecule has 3 fully saturated rings. The number of rotatable bonds is 6. The summed E-state index contributed by atoms with van der Waals surface area (Å²) >= 11 is 0. The molecule has 2 saturated carbocycles. The molecule has 1 heterocycles. The van der Waals surface area contributed by atoms with Gasteiger partial charge in [-0.2, -0.15) is 0 Å². The maximum absolute atomic E-state index is 13.2. The van der Waals surface area contributed by atoms with E-state index in [9.17, 15) is 28.2 Å². The number of piperidine rings is 1. The smallest absolute Gasteiger partial charge is 0.508 e. The number of benzene rings is 2. The number of halogens is 3. The average molecular weight is 557 g/mol. The van der Waals surface area contributed by atoms with Gasteiger partial charge < -0.3 is 19.8 Å². The van der Waals surface area contributed by atoms with Gasteiger partial charge in [-0.25, -0.2) is 0 Å². The molecule has 2 N–H and O–H groups in total. The Kier molecular flexibility index (Phi) is 6.65. The molecule has 1 amide bonds. The minimum atomic E-state index is -4.79. The number of phenolic OH excluding ortho intramolecular Hbond substituents is 1. The first kappa shape index (κ1) is 27.1. The Morgan fingerprint density at radius 1 is 1.18 bits per heavy atom. The lowest BCUT2D eigenvalue weighted by Gasteiger charge is -2.65. The zero-order valence-electron chi connectivity index (χ0n) is 22.5. The number of hydrogen-bond acceptors (Lipinski definition) is 5. The van der Waals surface area contributed by atoms with Gasteiger partial charge in [-0.1, -0.05) is 18.2 Å². The number of fused-ring (bicyclic) bond motifs is 1. The summed E-state index contributed by atoms with van der Waals surface area (Å²) < 4.78 is 41.8. The minimum Gasteiger partial charge on any atom is -0.508 e. The Hall–Kier alpha value is -3.04. The van der Waals surface area contributed by atoms with Gasteiger partial charge in [0.1, 0.15) is 11.5 Å². The molecule has 1 aliphatic heterocycles. The summed E-state index contributed by atoms with van der Waals surface area (Å²) in [5.74, 6) is 0.289. The van der Waals surface area contributed by atoms with Crippen LogP contribution in [0.15, 0.2) is 48.5 Å². The molecule has 6 rings (SSSR count). The lowest BCUT2D eigenvalue weighted by molar-refractivity contribution is -0.274. The van der Waals surface area contributed by atoms with Crippen LogP contribution in [0.3, 0.4) is 0 Å². The molecule has 9 heteroatoms. The van der Waals surface area contributed by atoms with Gasteiger partial charge in [-0.05, 0) is 104 Å². The topological polar surface area (TPSA) is 73.2 Å². The number of phenols is 1. The third-order valence-corrected chi connectivity index (χ3v) is 9.71. The largest absolute Gasteiger partial charge is 0.573 e. The van der Waals surface area contributed by atoms with Crippen LogP contribution in [0.1, 0.15) is 55.2 Å². The molecule has 1 saturated heterocycles. The van der Waals surface area contributed by atoms with Crippen molar-refractivity contribution in [1.29, 1.82) is 0 Å². The van der Waals surface area contributed by atoms with Crippen molar-refractivity contribution in [2.75, 3.05) is 20.1 Å². The van der Waals surface area contributed by atoms with E-state index in [1.165, 1.54) is 43.2 Å². The second-order valence-electron chi connectivity index (χ2n) is 12.1. The van der Waals surface area contributed by atoms with E-state index in [0.717, 1.165) is 37.1 Å². The number of carbonyl (C=O) groups excluding carboxylic acids is 1. The van der Waals surface area contributed by atoms with E-state index in [-0.39, 0.29) is 29.5 Å². The Bertz CT molecular complexity index is 1330. The molecule has 6 nitrogen and oxygen atoms in total. The maximum Gasteiger partial charge on any atom is 0.573 e. The van der Waals surface area contributed by atoms with Crippen LogP contribution >= 0.6 is 0 Å². The molecule has 3 aliphatic carbocycles. The number of ether oxygens (including phenoxy) is 1. The first-order valence-electron chi connectivity index (χ1n) is 14.1. The molecule has 0 aromatic heterocycles. The van der Waals surface area contributed by atoms with Crippen molar-refractivity contribution in [2.45, 2.75) is 74.4 Å². The molecule has 40 heavy (non-hydrogen) atoms. The molecule has 4 aliphatic rings. The number of alkyl halides is 3. The van der Waals surface area contributed by atoms with Gasteiger partial charge in [-0.15, -0.1) is 13.2 Å². The van der Waals surface area contributed by atoms with Crippen molar-refractivity contribution in [1.82, 2.24) is 9.80 Å². The molecule has 214 valence electrons. The summed E-state index contributed by atoms with van der Waals surface area (Å²) in [6.07, 6.45) is 3.85. The lowest BCUT2D eigenvalue weighted by atomic mass is 9.48. The summed E-state index contributed by atoms with van der Waals surface area (Å²) in [6, 6.07) is 10.9. The van der Waals surface area contributed by atoms with Gasteiger partial charge in [0.25, 0.3) is 0 Å². The minimum absolute atomic E-state index is 0.00643. The number of aromatic hydroxyl groups is 1. The van der Waals surface area contributed by atoms with Crippen LogP contribution in [-0.2, 0) is 16.6 Å². The first-order valence-corrected chi connectivity index (χ1v) is 14.1. The van der Waals surface area contributed by atoms with E-state index in [4.69, 9.17) is 0 Å². The number of aliphatic hydroxyl groups is 1. The molecule has 0 spiro atoms. The fourth-order valence-corrected chi connectivity index (χ4v) is 7.54. The van der Waals surface area contributed by atoms with Crippen LogP contribution in [0.5, 0.6) is 11.5 Å². The van der Waals surface area contributed by atoms with Gasteiger partial charge in [0.15, 0.2) is 0 Å². The third-order valence-electron chi connectivity index (χ3n) is 9.71. The van der Waals surface area contributed by atoms with E-state index in [1.54, 1.807) is 24.1 Å². The summed E-state index contributed by atoms with van der Waals surface area (Å²) in [5.41, 5.74) is 1.05. The van der Waals surface area contributed by atoms with Crippen molar-refractivity contribution in [3.63, 3.8) is 0 Å². The fourth-order valence-electron chi connectivity index (χ4n) is 7.54. The van der Waals surface area contributed by atoms with Gasteiger partial charge in [0, 0.05) is 37.2 Å². The van der Waals surface area contributed by atoms with Gasteiger partial charge in [0.05, 0.1) is 5.60 Å². The predicted molar refractivity (Wildman–Crippen MR) is 144 cm³/mol. The van der Waals surface area contributed by atoms with Crippen molar-refractivity contribution in [3.8, 4) is 11.5 Å². The molecular weight excluding hydrogens is 521 g/mol. The molecular formula is C31H35F3N2O4. The SMILES string of the molecule is CN(C(=O)/C=C/c1cccc(OC(F)(F)F)c1)C1CC[C@@]2(O)[C@H]3Cc4ccc(O)cc4[C@@]2(CCN3CC2CC2)C1. The van der Waals surface area contributed by atoms with Crippen LogP contribution in [0.2, 0.25) is 0 Å². The lowest BCUT2D eigenvalue weighted by Crippen LogP contribution is -2.74. The van der Waals surface area contributed by atoms with Crippen molar-refractivity contribution in [2.24, 2.45) is 5.92 Å².